The van der Waals surface area contributed by atoms with Gasteiger partial charge in [0.25, 0.3) is 0 Å². The number of carbonyl (C=O) groups is 1. The lowest BCUT2D eigenvalue weighted by molar-refractivity contribution is -0.137. The fourth-order valence-electron chi connectivity index (χ4n) is 1.76. The van der Waals surface area contributed by atoms with Crippen molar-refractivity contribution >= 4 is 15.8 Å². The maximum absolute atomic E-state index is 11.9. The summed E-state index contributed by atoms with van der Waals surface area (Å²) in [7, 11) is 0.820. The highest BCUT2D eigenvalue weighted by atomic mass is 32.2. The summed E-state index contributed by atoms with van der Waals surface area (Å²) in [6.07, 6.45) is 0. The van der Waals surface area contributed by atoms with Crippen molar-refractivity contribution in [2.24, 2.45) is 0 Å². The zero-order valence-corrected chi connectivity index (χ0v) is 12.6. The molecule has 112 valence electrons. The molecule has 0 fully saturated rings. The summed E-state index contributed by atoms with van der Waals surface area (Å²) < 4.78 is 33.3. The van der Waals surface area contributed by atoms with Gasteiger partial charge in [0.2, 0.25) is 0 Å². The Hall–Kier alpha value is -1.60. The normalized spacial score (nSPS) is 12.8. The van der Waals surface area contributed by atoms with Crippen molar-refractivity contribution in [3.05, 3.63) is 29.8 Å². The van der Waals surface area contributed by atoms with Crippen LogP contribution in [0.25, 0.3) is 0 Å². The predicted molar refractivity (Wildman–Crippen MR) is 75.5 cm³/mol. The van der Waals surface area contributed by atoms with E-state index in [1.807, 2.05) is 0 Å². The van der Waals surface area contributed by atoms with E-state index in [0.717, 1.165) is 12.7 Å². The first kappa shape index (κ1) is 16.5. The molecular formula is C13H19NO5S. The van der Waals surface area contributed by atoms with Crippen molar-refractivity contribution in [2.75, 3.05) is 32.8 Å². The van der Waals surface area contributed by atoms with Gasteiger partial charge in [0.1, 0.15) is 11.5 Å². The van der Waals surface area contributed by atoms with Gasteiger partial charge in [-0.3, -0.25) is 4.79 Å². The number of sulfone groups is 1. The molecular weight excluding hydrogens is 282 g/mol. The lowest BCUT2D eigenvalue weighted by atomic mass is 10.1. The van der Waals surface area contributed by atoms with Crippen LogP contribution >= 0.6 is 0 Å². The Bertz CT molecular complexity index is 556. The van der Waals surface area contributed by atoms with E-state index in [1.54, 1.807) is 38.4 Å². The third-order valence-electron chi connectivity index (χ3n) is 2.83. The second kappa shape index (κ2) is 7.25. The average Bonchev–Trinajstić information content (AvgIpc) is 2.44. The first-order valence-electron chi connectivity index (χ1n) is 6.00. The molecule has 0 aliphatic rings. The molecule has 0 aliphatic carbocycles. The van der Waals surface area contributed by atoms with Gasteiger partial charge < -0.3 is 14.8 Å². The molecule has 1 unspecified atom stereocenters. The molecule has 20 heavy (non-hydrogen) atoms. The minimum Gasteiger partial charge on any atom is -0.497 e. The maximum atomic E-state index is 11.9. The van der Waals surface area contributed by atoms with E-state index >= 15 is 0 Å². The molecule has 0 radical (unpaired) electrons. The highest BCUT2D eigenvalue weighted by Gasteiger charge is 2.23. The van der Waals surface area contributed by atoms with Gasteiger partial charge in [-0.2, -0.15) is 0 Å². The van der Waals surface area contributed by atoms with Crippen LogP contribution in [0.2, 0.25) is 0 Å². The van der Waals surface area contributed by atoms with Crippen molar-refractivity contribution in [2.45, 2.75) is 6.04 Å². The van der Waals surface area contributed by atoms with E-state index in [9.17, 15) is 13.2 Å². The van der Waals surface area contributed by atoms with E-state index < -0.39 is 27.6 Å². The third-order valence-corrected chi connectivity index (χ3v) is 4.35. The van der Waals surface area contributed by atoms with Crippen molar-refractivity contribution in [3.63, 3.8) is 0 Å². The van der Waals surface area contributed by atoms with E-state index in [4.69, 9.17) is 4.74 Å². The van der Waals surface area contributed by atoms with E-state index in [-0.39, 0.29) is 5.75 Å². The Labute approximate surface area is 119 Å². The molecule has 7 heteroatoms. The number of rotatable bonds is 7. The molecule has 0 saturated carbocycles. The summed E-state index contributed by atoms with van der Waals surface area (Å²) in [6.45, 7) is 0. The Balaban J connectivity index is 2.88. The molecule has 1 rings (SSSR count). The number of methoxy groups -OCH3 is 2. The van der Waals surface area contributed by atoms with E-state index in [0.29, 0.717) is 5.75 Å². The summed E-state index contributed by atoms with van der Waals surface area (Å²) in [5.74, 6) is -0.921. The van der Waals surface area contributed by atoms with Crippen molar-refractivity contribution in [1.29, 1.82) is 0 Å². The molecule has 1 aromatic rings. The molecule has 1 aromatic carbocycles. The first-order chi connectivity index (χ1) is 9.41. The molecule has 6 nitrogen and oxygen atoms in total. The van der Waals surface area contributed by atoms with Crippen LogP contribution in [0.4, 0.5) is 0 Å². The summed E-state index contributed by atoms with van der Waals surface area (Å²) in [5.41, 5.74) is 0.778. The Morgan fingerprint density at radius 1 is 1.35 bits per heavy atom. The largest absolute Gasteiger partial charge is 0.497 e. The van der Waals surface area contributed by atoms with E-state index in [1.165, 1.54) is 0 Å². The first-order valence-corrected chi connectivity index (χ1v) is 7.82. The highest BCUT2D eigenvalue weighted by Crippen LogP contribution is 2.20. The molecule has 0 aliphatic heterocycles. The Morgan fingerprint density at radius 3 is 2.60 bits per heavy atom. The Kier molecular flexibility index (Phi) is 5.97. The summed E-state index contributed by atoms with van der Waals surface area (Å²) >= 11 is 0. The minimum absolute atomic E-state index is 0.189. The minimum atomic E-state index is -3.55. The standard InChI is InChI=1S/C13H19NO5S/c1-14-12(8-20(16,17)9-13(15)19-3)10-5-4-6-11(7-10)18-2/h4-7,12,14H,8-9H2,1-3H3. The quantitative estimate of drug-likeness (QED) is 0.740. The smallest absolute Gasteiger partial charge is 0.320 e. The van der Waals surface area contributed by atoms with Crippen molar-refractivity contribution in [1.82, 2.24) is 5.32 Å². The van der Waals surface area contributed by atoms with Gasteiger partial charge >= 0.3 is 5.97 Å². The van der Waals surface area contributed by atoms with Crippen LogP contribution in [0.3, 0.4) is 0 Å². The van der Waals surface area contributed by atoms with Crippen LogP contribution in [0, 0.1) is 0 Å². The number of nitrogens with one attached hydrogen (secondary N) is 1. The highest BCUT2D eigenvalue weighted by molar-refractivity contribution is 7.92. The number of hydrogen-bond acceptors (Lipinski definition) is 6. The van der Waals surface area contributed by atoms with Gasteiger partial charge in [-0.25, -0.2) is 8.42 Å². The van der Waals surface area contributed by atoms with Crippen LogP contribution in [-0.4, -0.2) is 47.2 Å². The molecule has 0 heterocycles. The zero-order valence-electron chi connectivity index (χ0n) is 11.8. The SMILES string of the molecule is CNC(CS(=O)(=O)CC(=O)OC)c1cccc(OC)c1. The molecule has 0 saturated heterocycles. The summed E-state index contributed by atoms with van der Waals surface area (Å²) in [5, 5.41) is 2.93. The summed E-state index contributed by atoms with van der Waals surface area (Å²) in [6, 6.07) is 6.70. The van der Waals surface area contributed by atoms with Gasteiger partial charge in [-0.15, -0.1) is 0 Å². The fraction of sp³-hybridized carbons (Fsp3) is 0.462. The van der Waals surface area contributed by atoms with Gasteiger partial charge in [-0.1, -0.05) is 12.1 Å². The molecule has 0 spiro atoms. The fourth-order valence-corrected chi connectivity index (χ4v) is 3.22. The van der Waals surface area contributed by atoms with Gasteiger partial charge in [0.05, 0.1) is 20.0 Å². The van der Waals surface area contributed by atoms with Crippen molar-refractivity contribution in [3.8, 4) is 5.75 Å². The van der Waals surface area contributed by atoms with Gasteiger partial charge in [0, 0.05) is 6.04 Å². The number of esters is 1. The number of benzene rings is 1. The molecule has 0 aromatic heterocycles. The van der Waals surface area contributed by atoms with Crippen LogP contribution < -0.4 is 10.1 Å². The molecule has 0 bridgehead atoms. The second-order valence-corrected chi connectivity index (χ2v) is 6.36. The second-order valence-electron chi connectivity index (χ2n) is 4.25. The number of carbonyl (C=O) groups excluding carboxylic acids is 1. The van der Waals surface area contributed by atoms with Crippen LogP contribution in [0.1, 0.15) is 11.6 Å². The predicted octanol–water partition coefficient (Wildman–Crippen LogP) is 0.544. The topological polar surface area (TPSA) is 81.7 Å². The van der Waals surface area contributed by atoms with Crippen LogP contribution in [0.5, 0.6) is 5.75 Å². The third kappa shape index (κ3) is 4.82. The monoisotopic (exact) mass is 301 g/mol. The van der Waals surface area contributed by atoms with E-state index in [2.05, 4.69) is 10.1 Å². The number of hydrogen-bond donors (Lipinski definition) is 1. The van der Waals surface area contributed by atoms with Crippen LogP contribution in [-0.2, 0) is 19.4 Å². The number of ether oxygens (including phenoxy) is 2. The zero-order chi connectivity index (χ0) is 15.2. The Morgan fingerprint density at radius 2 is 2.05 bits per heavy atom. The lowest BCUT2D eigenvalue weighted by Gasteiger charge is -2.17. The lowest BCUT2D eigenvalue weighted by Crippen LogP contribution is -2.29. The summed E-state index contributed by atoms with van der Waals surface area (Å²) in [4.78, 5) is 11.1. The van der Waals surface area contributed by atoms with Crippen molar-refractivity contribution < 1.29 is 22.7 Å². The average molecular weight is 301 g/mol. The van der Waals surface area contributed by atoms with Crippen LogP contribution in [0.15, 0.2) is 24.3 Å². The van der Waals surface area contributed by atoms with Gasteiger partial charge in [0.15, 0.2) is 9.84 Å². The van der Waals surface area contributed by atoms with Gasteiger partial charge in [-0.05, 0) is 24.7 Å². The molecule has 1 N–H and O–H groups in total. The molecule has 0 amide bonds. The molecule has 1 atom stereocenters. The maximum Gasteiger partial charge on any atom is 0.320 e.